The van der Waals surface area contributed by atoms with E-state index in [1.54, 1.807) is 36.4 Å². The Morgan fingerprint density at radius 1 is 1.16 bits per heavy atom. The fourth-order valence-electron chi connectivity index (χ4n) is 3.71. The first-order valence-corrected chi connectivity index (χ1v) is 10.2. The van der Waals surface area contributed by atoms with E-state index in [-0.39, 0.29) is 17.9 Å². The molecule has 2 N–H and O–H groups in total. The first kappa shape index (κ1) is 21.5. The summed E-state index contributed by atoms with van der Waals surface area (Å²) in [5, 5.41) is 23.6. The van der Waals surface area contributed by atoms with Crippen LogP contribution in [0.25, 0.3) is 11.3 Å². The predicted octanol–water partition coefficient (Wildman–Crippen LogP) is 3.74. The molecule has 3 aromatic rings. The molecule has 1 fully saturated rings. The van der Waals surface area contributed by atoms with Gasteiger partial charge in [0, 0.05) is 36.0 Å². The van der Waals surface area contributed by atoms with E-state index in [4.69, 9.17) is 9.15 Å². The Morgan fingerprint density at radius 2 is 1.94 bits per heavy atom. The van der Waals surface area contributed by atoms with Gasteiger partial charge in [0.1, 0.15) is 23.8 Å². The molecule has 1 amide bonds. The van der Waals surface area contributed by atoms with Crippen LogP contribution in [0.15, 0.2) is 52.9 Å². The molecule has 2 aromatic carbocycles. The molecule has 9 nitrogen and oxygen atoms in total. The summed E-state index contributed by atoms with van der Waals surface area (Å²) in [6.45, 7) is 3.85. The summed E-state index contributed by atoms with van der Waals surface area (Å²) in [5.74, 6) is 0.659. The number of rotatable bonds is 6. The molecule has 0 atom stereocenters. The zero-order chi connectivity index (χ0) is 22.7. The van der Waals surface area contributed by atoms with E-state index >= 15 is 0 Å². The Kier molecular flexibility index (Phi) is 6.20. The molecule has 4 rings (SSSR count). The van der Waals surface area contributed by atoms with E-state index < -0.39 is 10.8 Å². The quantitative estimate of drug-likeness (QED) is 0.445. The number of anilines is 2. The number of nitrogens with one attached hydrogen (secondary N) is 1. The van der Waals surface area contributed by atoms with Crippen LogP contribution in [-0.4, -0.2) is 42.2 Å². The van der Waals surface area contributed by atoms with E-state index in [0.717, 1.165) is 11.1 Å². The summed E-state index contributed by atoms with van der Waals surface area (Å²) >= 11 is 0. The number of hydrogen-bond acceptors (Lipinski definition) is 7. The molecule has 0 bridgehead atoms. The van der Waals surface area contributed by atoms with Crippen molar-refractivity contribution in [3.05, 3.63) is 75.5 Å². The number of amides is 1. The van der Waals surface area contributed by atoms with Gasteiger partial charge in [-0.25, -0.2) is 0 Å². The molecule has 0 radical (unpaired) electrons. The van der Waals surface area contributed by atoms with Crippen molar-refractivity contribution in [3.63, 3.8) is 0 Å². The van der Waals surface area contributed by atoms with Gasteiger partial charge in [-0.05, 0) is 55.0 Å². The third-order valence-corrected chi connectivity index (χ3v) is 5.35. The van der Waals surface area contributed by atoms with Gasteiger partial charge < -0.3 is 24.5 Å². The van der Waals surface area contributed by atoms with Gasteiger partial charge in [-0.3, -0.25) is 14.9 Å². The monoisotopic (exact) mass is 437 g/mol. The summed E-state index contributed by atoms with van der Waals surface area (Å²) in [7, 11) is 0. The highest BCUT2D eigenvalue weighted by Gasteiger charge is 2.23. The van der Waals surface area contributed by atoms with Crippen molar-refractivity contribution < 1.29 is 24.0 Å². The third kappa shape index (κ3) is 4.48. The highest BCUT2D eigenvalue weighted by Crippen LogP contribution is 2.31. The molecule has 9 heteroatoms. The number of aliphatic hydroxyl groups excluding tert-OH is 1. The van der Waals surface area contributed by atoms with Gasteiger partial charge in [0.2, 0.25) is 0 Å². The van der Waals surface area contributed by atoms with Crippen LogP contribution in [0.3, 0.4) is 0 Å². The lowest BCUT2D eigenvalue weighted by atomic mass is 10.1. The smallest absolute Gasteiger partial charge is 0.293 e. The van der Waals surface area contributed by atoms with Crippen LogP contribution < -0.4 is 10.2 Å². The van der Waals surface area contributed by atoms with Gasteiger partial charge in [-0.2, -0.15) is 0 Å². The molecule has 0 saturated carbocycles. The zero-order valence-electron chi connectivity index (χ0n) is 17.5. The van der Waals surface area contributed by atoms with E-state index in [2.05, 4.69) is 5.32 Å². The van der Waals surface area contributed by atoms with Crippen LogP contribution in [0, 0.1) is 17.0 Å². The van der Waals surface area contributed by atoms with Gasteiger partial charge in [-0.15, -0.1) is 0 Å². The molecular formula is C23H23N3O6. The SMILES string of the molecule is Cc1cc(NC(=O)c2ccc(N3CCOCC3)c([N+](=O)[O-])c2)ccc1-c1ccc(CO)o1. The van der Waals surface area contributed by atoms with Gasteiger partial charge in [0.15, 0.2) is 0 Å². The number of morpholine rings is 1. The second-order valence-corrected chi connectivity index (χ2v) is 7.47. The van der Waals surface area contributed by atoms with Gasteiger partial charge in [-0.1, -0.05) is 0 Å². The standard InChI is InChI=1S/C23H23N3O6/c1-15-12-17(3-5-19(15)22-7-4-18(14-27)32-22)24-23(28)16-2-6-20(21(13-16)26(29)30)25-8-10-31-11-9-25/h2-7,12-13,27H,8-11,14H2,1H3,(H,24,28). The summed E-state index contributed by atoms with van der Waals surface area (Å²) in [5.41, 5.74) is 2.85. The molecule has 1 aliphatic heterocycles. The minimum Gasteiger partial charge on any atom is -0.459 e. The first-order chi connectivity index (χ1) is 15.5. The maximum Gasteiger partial charge on any atom is 0.293 e. The average Bonchev–Trinajstić information content (AvgIpc) is 3.28. The number of furan rings is 1. The molecule has 0 spiro atoms. The molecule has 1 saturated heterocycles. The Morgan fingerprint density at radius 3 is 2.59 bits per heavy atom. The fourth-order valence-corrected chi connectivity index (χ4v) is 3.71. The topological polar surface area (TPSA) is 118 Å². The normalized spacial score (nSPS) is 13.8. The number of nitro benzene ring substituents is 1. The molecule has 166 valence electrons. The Balaban J connectivity index is 1.54. The number of aryl methyl sites for hydroxylation is 1. The predicted molar refractivity (Wildman–Crippen MR) is 119 cm³/mol. The number of nitro groups is 1. The molecule has 0 unspecified atom stereocenters. The lowest BCUT2D eigenvalue weighted by Gasteiger charge is -2.28. The van der Waals surface area contributed by atoms with Crippen molar-refractivity contribution in [2.24, 2.45) is 0 Å². The molecular weight excluding hydrogens is 414 g/mol. The van der Waals surface area contributed by atoms with Crippen LogP contribution in [0.5, 0.6) is 0 Å². The summed E-state index contributed by atoms with van der Waals surface area (Å²) in [4.78, 5) is 25.8. The minimum atomic E-state index is -0.468. The van der Waals surface area contributed by atoms with Crippen LogP contribution in [0.4, 0.5) is 17.1 Å². The van der Waals surface area contributed by atoms with E-state index in [9.17, 15) is 20.0 Å². The van der Waals surface area contributed by atoms with Crippen molar-refractivity contribution in [2.45, 2.75) is 13.5 Å². The summed E-state index contributed by atoms with van der Waals surface area (Å²) in [6, 6.07) is 13.3. The van der Waals surface area contributed by atoms with Crippen LogP contribution in [-0.2, 0) is 11.3 Å². The highest BCUT2D eigenvalue weighted by atomic mass is 16.6. The molecule has 0 aliphatic carbocycles. The van der Waals surface area contributed by atoms with Crippen molar-refractivity contribution in [1.29, 1.82) is 0 Å². The lowest BCUT2D eigenvalue weighted by Crippen LogP contribution is -2.36. The number of carbonyl (C=O) groups is 1. The second kappa shape index (κ2) is 9.21. The third-order valence-electron chi connectivity index (χ3n) is 5.35. The van der Waals surface area contributed by atoms with Crippen LogP contribution in [0.1, 0.15) is 21.7 Å². The van der Waals surface area contributed by atoms with E-state index in [0.29, 0.717) is 49.2 Å². The zero-order valence-corrected chi connectivity index (χ0v) is 17.5. The van der Waals surface area contributed by atoms with Crippen molar-refractivity contribution in [3.8, 4) is 11.3 Å². The maximum absolute atomic E-state index is 12.8. The summed E-state index contributed by atoms with van der Waals surface area (Å²) < 4.78 is 10.9. The highest BCUT2D eigenvalue weighted by molar-refractivity contribution is 6.05. The van der Waals surface area contributed by atoms with Gasteiger partial charge in [0.05, 0.1) is 18.1 Å². The number of nitrogens with zero attached hydrogens (tertiary/aromatic N) is 2. The largest absolute Gasteiger partial charge is 0.459 e. The van der Waals surface area contributed by atoms with Crippen LogP contribution >= 0.6 is 0 Å². The maximum atomic E-state index is 12.8. The van der Waals surface area contributed by atoms with Crippen LogP contribution in [0.2, 0.25) is 0 Å². The Labute approximate surface area is 184 Å². The van der Waals surface area contributed by atoms with E-state index in [1.807, 2.05) is 17.9 Å². The number of aliphatic hydroxyl groups is 1. The Hall–Kier alpha value is -3.69. The van der Waals surface area contributed by atoms with Gasteiger partial charge in [0.25, 0.3) is 11.6 Å². The van der Waals surface area contributed by atoms with Gasteiger partial charge >= 0.3 is 0 Å². The number of benzene rings is 2. The van der Waals surface area contributed by atoms with E-state index in [1.165, 1.54) is 6.07 Å². The molecule has 32 heavy (non-hydrogen) atoms. The van der Waals surface area contributed by atoms with Crippen molar-refractivity contribution in [2.75, 3.05) is 36.5 Å². The van der Waals surface area contributed by atoms with Crippen molar-refractivity contribution in [1.82, 2.24) is 0 Å². The minimum absolute atomic E-state index is 0.108. The second-order valence-electron chi connectivity index (χ2n) is 7.47. The molecule has 1 aliphatic rings. The Bertz CT molecular complexity index is 1150. The average molecular weight is 437 g/mol. The fraction of sp³-hybridized carbons (Fsp3) is 0.261. The number of hydrogen-bond donors (Lipinski definition) is 2. The molecule has 1 aromatic heterocycles. The first-order valence-electron chi connectivity index (χ1n) is 10.2. The summed E-state index contributed by atoms with van der Waals surface area (Å²) in [6.07, 6.45) is 0. The van der Waals surface area contributed by atoms with Crippen molar-refractivity contribution >= 4 is 23.0 Å². The molecule has 2 heterocycles. The number of ether oxygens (including phenoxy) is 1. The number of carbonyl (C=O) groups excluding carboxylic acids is 1. The lowest BCUT2D eigenvalue weighted by molar-refractivity contribution is -0.384.